The van der Waals surface area contributed by atoms with Crippen molar-refractivity contribution in [3.8, 4) is 0 Å². The molecule has 1 amide bonds. The molecule has 2 aromatic rings. The van der Waals surface area contributed by atoms with E-state index in [1.54, 1.807) is 11.8 Å². The number of anilines is 1. The Morgan fingerprint density at radius 2 is 2.00 bits per heavy atom. The minimum Gasteiger partial charge on any atom is -0.337 e. The zero-order valence-electron chi connectivity index (χ0n) is 16.4. The molecule has 1 aromatic heterocycles. The maximum atomic E-state index is 13.3. The van der Waals surface area contributed by atoms with Crippen LogP contribution >= 0.6 is 23.5 Å². The summed E-state index contributed by atoms with van der Waals surface area (Å²) in [6.45, 7) is 6.69. The fraction of sp³-hybridized carbons (Fsp3) is 0.350. The lowest BCUT2D eigenvalue weighted by molar-refractivity contribution is -0.122. The number of rotatable bonds is 4. The minimum atomic E-state index is 0.0400. The lowest BCUT2D eigenvalue weighted by atomic mass is 10.3. The molecule has 6 nitrogen and oxygen atoms in total. The van der Waals surface area contributed by atoms with Gasteiger partial charge in [-0.2, -0.15) is 5.10 Å². The molecular weight excluding hydrogens is 390 g/mol. The van der Waals surface area contributed by atoms with E-state index >= 15 is 0 Å². The number of benzene rings is 1. The summed E-state index contributed by atoms with van der Waals surface area (Å²) in [6.07, 6.45) is 1.97. The lowest BCUT2D eigenvalue weighted by Crippen LogP contribution is -2.30. The normalized spacial score (nSPS) is 20.6. The van der Waals surface area contributed by atoms with Crippen LogP contribution in [0.3, 0.4) is 0 Å². The zero-order valence-corrected chi connectivity index (χ0v) is 18.1. The van der Waals surface area contributed by atoms with Crippen molar-refractivity contribution in [2.45, 2.75) is 38.5 Å². The maximum absolute atomic E-state index is 13.3. The lowest BCUT2D eigenvalue weighted by Gasteiger charge is -2.16. The molecule has 1 N–H and O–H groups in total. The molecule has 0 saturated carbocycles. The summed E-state index contributed by atoms with van der Waals surface area (Å²) in [5, 5.41) is 8.91. The third-order valence-electron chi connectivity index (χ3n) is 4.83. The molecule has 0 bridgehead atoms. The van der Waals surface area contributed by atoms with Crippen LogP contribution in [0, 0.1) is 13.8 Å². The summed E-state index contributed by atoms with van der Waals surface area (Å²) < 4.78 is 0. The topological polar surface area (TPSA) is 64.6 Å². The van der Waals surface area contributed by atoms with E-state index in [1.165, 1.54) is 16.7 Å². The Morgan fingerprint density at radius 3 is 2.68 bits per heavy atom. The predicted octanol–water partition coefficient (Wildman–Crippen LogP) is 4.80. The van der Waals surface area contributed by atoms with Crippen molar-refractivity contribution >= 4 is 46.0 Å². The Hall–Kier alpha value is -2.19. The van der Waals surface area contributed by atoms with E-state index in [0.29, 0.717) is 6.54 Å². The molecular formula is C20H23N5OS2. The molecule has 0 spiro atoms. The molecule has 0 radical (unpaired) electrons. The first-order chi connectivity index (χ1) is 13.5. The number of H-pyrrole nitrogens is 1. The molecule has 2 aliphatic rings. The standard InChI is InChI=1S/C20H23N5OS2/c1-5-6-11-25-18(26)17(19-24(4)14-9-7-8-10-15(14)27-19)28-20(25)21-16-12(2)22-23-13(16)3/h7-10H,5-6,11H2,1-4H3,(H,22,23). The third-order valence-corrected chi connectivity index (χ3v) is 7.26. The number of aromatic nitrogens is 2. The Bertz CT molecular complexity index is 975. The highest BCUT2D eigenvalue weighted by Crippen LogP contribution is 2.50. The molecule has 0 atom stereocenters. The van der Waals surface area contributed by atoms with Gasteiger partial charge in [-0.25, -0.2) is 4.99 Å². The quantitative estimate of drug-likeness (QED) is 0.730. The van der Waals surface area contributed by atoms with E-state index in [2.05, 4.69) is 34.2 Å². The van der Waals surface area contributed by atoms with Crippen LogP contribution in [-0.2, 0) is 4.79 Å². The van der Waals surface area contributed by atoms with E-state index in [9.17, 15) is 4.79 Å². The number of unbranched alkanes of at least 4 members (excludes halogenated alkanes) is 1. The second-order valence-corrected chi connectivity index (χ2v) is 8.86. The number of aromatic amines is 1. The van der Waals surface area contributed by atoms with E-state index in [-0.39, 0.29) is 5.91 Å². The molecule has 0 aliphatic carbocycles. The predicted molar refractivity (Wildman–Crippen MR) is 117 cm³/mol. The number of nitrogens with zero attached hydrogens (tertiary/aromatic N) is 4. The third kappa shape index (κ3) is 3.24. The van der Waals surface area contributed by atoms with Gasteiger partial charge in [0.1, 0.15) is 10.6 Å². The van der Waals surface area contributed by atoms with Gasteiger partial charge in [-0.1, -0.05) is 37.2 Å². The van der Waals surface area contributed by atoms with Gasteiger partial charge in [0.05, 0.1) is 22.1 Å². The molecule has 2 aliphatic heterocycles. The van der Waals surface area contributed by atoms with Crippen LogP contribution in [0.1, 0.15) is 31.2 Å². The Labute approximate surface area is 173 Å². The van der Waals surface area contributed by atoms with E-state index in [1.807, 2.05) is 37.9 Å². The van der Waals surface area contributed by atoms with Gasteiger partial charge in [0.25, 0.3) is 5.91 Å². The average molecular weight is 414 g/mol. The SMILES string of the molecule is CCCCN1C(=O)C(=C2Sc3ccccc3N2C)SC1=Nc1c(C)n[nH]c1C. The summed E-state index contributed by atoms with van der Waals surface area (Å²) in [5.74, 6) is 0.0400. The molecule has 1 aromatic carbocycles. The van der Waals surface area contributed by atoms with Gasteiger partial charge >= 0.3 is 0 Å². The van der Waals surface area contributed by atoms with Crippen LogP contribution in [0.5, 0.6) is 0 Å². The van der Waals surface area contributed by atoms with Crippen molar-refractivity contribution in [1.29, 1.82) is 0 Å². The van der Waals surface area contributed by atoms with Crippen LogP contribution in [0.4, 0.5) is 11.4 Å². The Balaban J connectivity index is 1.74. The van der Waals surface area contributed by atoms with Crippen LogP contribution < -0.4 is 4.90 Å². The first kappa shape index (κ1) is 19.1. The van der Waals surface area contributed by atoms with E-state index in [0.717, 1.165) is 50.7 Å². The molecule has 0 unspecified atom stereocenters. The first-order valence-electron chi connectivity index (χ1n) is 9.36. The van der Waals surface area contributed by atoms with Gasteiger partial charge in [0, 0.05) is 18.5 Å². The number of aryl methyl sites for hydroxylation is 2. The van der Waals surface area contributed by atoms with Crippen molar-refractivity contribution in [3.05, 3.63) is 45.6 Å². The number of para-hydroxylation sites is 1. The number of carbonyl (C=O) groups is 1. The zero-order chi connectivity index (χ0) is 19.8. The van der Waals surface area contributed by atoms with Crippen LogP contribution in [0.2, 0.25) is 0 Å². The maximum Gasteiger partial charge on any atom is 0.269 e. The van der Waals surface area contributed by atoms with Crippen molar-refractivity contribution in [2.24, 2.45) is 4.99 Å². The molecule has 1 fully saturated rings. The Morgan fingerprint density at radius 1 is 1.21 bits per heavy atom. The van der Waals surface area contributed by atoms with E-state index < -0.39 is 0 Å². The van der Waals surface area contributed by atoms with Gasteiger partial charge in [0.2, 0.25) is 0 Å². The molecule has 8 heteroatoms. The van der Waals surface area contributed by atoms with Crippen LogP contribution in [0.15, 0.2) is 44.1 Å². The summed E-state index contributed by atoms with van der Waals surface area (Å²) in [4.78, 5) is 24.0. The number of amidine groups is 1. The molecule has 3 heterocycles. The second-order valence-electron chi connectivity index (χ2n) is 6.85. The van der Waals surface area contributed by atoms with Gasteiger partial charge in [-0.05, 0) is 44.2 Å². The number of aliphatic imine (C=N–C) groups is 1. The number of hydrogen-bond acceptors (Lipinski definition) is 6. The van der Waals surface area contributed by atoms with Crippen LogP contribution in [0.25, 0.3) is 0 Å². The molecule has 4 rings (SSSR count). The number of fused-ring (bicyclic) bond motifs is 1. The first-order valence-corrected chi connectivity index (χ1v) is 11.0. The van der Waals surface area contributed by atoms with Crippen molar-refractivity contribution in [1.82, 2.24) is 15.1 Å². The van der Waals surface area contributed by atoms with Gasteiger partial charge in [-0.3, -0.25) is 14.8 Å². The summed E-state index contributed by atoms with van der Waals surface area (Å²) in [5.41, 5.74) is 3.71. The summed E-state index contributed by atoms with van der Waals surface area (Å²) in [6, 6.07) is 8.23. The monoisotopic (exact) mass is 413 g/mol. The smallest absolute Gasteiger partial charge is 0.269 e. The van der Waals surface area contributed by atoms with Crippen LogP contribution in [-0.4, -0.2) is 39.8 Å². The molecule has 28 heavy (non-hydrogen) atoms. The largest absolute Gasteiger partial charge is 0.337 e. The van der Waals surface area contributed by atoms with Gasteiger partial charge in [-0.15, -0.1) is 0 Å². The Kier molecular flexibility index (Phi) is 5.25. The van der Waals surface area contributed by atoms with Crippen molar-refractivity contribution in [2.75, 3.05) is 18.5 Å². The highest BCUT2D eigenvalue weighted by Gasteiger charge is 2.39. The number of nitrogens with one attached hydrogen (secondary N) is 1. The van der Waals surface area contributed by atoms with Crippen molar-refractivity contribution in [3.63, 3.8) is 0 Å². The number of hydrogen-bond donors (Lipinski definition) is 1. The summed E-state index contributed by atoms with van der Waals surface area (Å²) in [7, 11) is 2.02. The number of carbonyl (C=O) groups excluding carboxylic acids is 1. The summed E-state index contributed by atoms with van der Waals surface area (Å²) >= 11 is 3.12. The average Bonchev–Trinajstić information content (AvgIpc) is 3.30. The second kappa shape index (κ2) is 7.67. The number of amides is 1. The highest BCUT2D eigenvalue weighted by molar-refractivity contribution is 8.19. The number of thioether (sulfide) groups is 2. The van der Waals surface area contributed by atoms with E-state index in [4.69, 9.17) is 4.99 Å². The fourth-order valence-corrected chi connectivity index (χ4v) is 5.59. The fourth-order valence-electron chi connectivity index (χ4n) is 3.24. The van der Waals surface area contributed by atoms with Crippen molar-refractivity contribution < 1.29 is 4.79 Å². The van der Waals surface area contributed by atoms with Gasteiger partial charge < -0.3 is 4.90 Å². The van der Waals surface area contributed by atoms with Gasteiger partial charge in [0.15, 0.2) is 5.17 Å². The molecule has 146 valence electrons. The minimum absolute atomic E-state index is 0.0400. The highest BCUT2D eigenvalue weighted by atomic mass is 32.2. The molecule has 1 saturated heterocycles.